The topological polar surface area (TPSA) is 73.0 Å². The minimum absolute atomic E-state index is 0.243. The molecule has 1 heterocycles. The standard InChI is InChI=1S/C17H27FN4O3S/c1-20(2)26(24,25)22(16-8-6-15(18)7-9-16)14-17(23)19-10-5-13-21-11-3-4-12-21/h6-9H,3-5,10-14H2,1-2H3,(H,19,23). The lowest BCUT2D eigenvalue weighted by Gasteiger charge is -2.27. The number of hydrogen-bond donors (Lipinski definition) is 1. The molecule has 0 atom stereocenters. The number of anilines is 1. The van der Waals surface area contributed by atoms with Crippen molar-refractivity contribution in [3.8, 4) is 0 Å². The molecule has 1 aromatic carbocycles. The van der Waals surface area contributed by atoms with Gasteiger partial charge in [0.1, 0.15) is 12.4 Å². The number of benzene rings is 1. The summed E-state index contributed by atoms with van der Waals surface area (Å²) >= 11 is 0. The van der Waals surface area contributed by atoms with Crippen molar-refractivity contribution in [2.24, 2.45) is 0 Å². The Hall–Kier alpha value is -1.71. The van der Waals surface area contributed by atoms with Crippen molar-refractivity contribution in [3.63, 3.8) is 0 Å². The maximum Gasteiger partial charge on any atom is 0.304 e. The molecule has 1 aliphatic heterocycles. The number of rotatable bonds is 9. The van der Waals surface area contributed by atoms with Crippen LogP contribution in [0.3, 0.4) is 0 Å². The summed E-state index contributed by atoms with van der Waals surface area (Å²) in [6, 6.07) is 5.02. The van der Waals surface area contributed by atoms with E-state index in [9.17, 15) is 17.6 Å². The zero-order chi connectivity index (χ0) is 19.2. The fourth-order valence-electron chi connectivity index (χ4n) is 2.83. The van der Waals surface area contributed by atoms with Gasteiger partial charge in [0.15, 0.2) is 0 Å². The number of halogens is 1. The molecular weight excluding hydrogens is 359 g/mol. The van der Waals surface area contributed by atoms with Crippen LogP contribution in [0.1, 0.15) is 19.3 Å². The van der Waals surface area contributed by atoms with Gasteiger partial charge in [-0.05, 0) is 63.2 Å². The first-order valence-corrected chi connectivity index (χ1v) is 10.1. The molecule has 0 bridgehead atoms. The molecule has 0 unspecified atom stereocenters. The molecule has 1 saturated heterocycles. The third-order valence-electron chi connectivity index (χ3n) is 4.31. The highest BCUT2D eigenvalue weighted by Gasteiger charge is 2.27. The lowest BCUT2D eigenvalue weighted by atomic mass is 10.3. The normalized spacial score (nSPS) is 15.4. The lowest BCUT2D eigenvalue weighted by molar-refractivity contribution is -0.119. The summed E-state index contributed by atoms with van der Waals surface area (Å²) in [5.74, 6) is -0.858. The lowest BCUT2D eigenvalue weighted by Crippen LogP contribution is -2.46. The zero-order valence-electron chi connectivity index (χ0n) is 15.3. The van der Waals surface area contributed by atoms with Gasteiger partial charge < -0.3 is 10.2 Å². The maximum absolute atomic E-state index is 13.1. The highest BCUT2D eigenvalue weighted by atomic mass is 32.2. The van der Waals surface area contributed by atoms with Crippen molar-refractivity contribution in [2.45, 2.75) is 19.3 Å². The summed E-state index contributed by atoms with van der Waals surface area (Å²) in [6.45, 7) is 3.28. The predicted molar refractivity (Wildman–Crippen MR) is 99.7 cm³/mol. The summed E-state index contributed by atoms with van der Waals surface area (Å²) in [5, 5.41) is 2.76. The van der Waals surface area contributed by atoms with Gasteiger partial charge in [0.25, 0.3) is 0 Å². The van der Waals surface area contributed by atoms with Crippen molar-refractivity contribution in [1.29, 1.82) is 0 Å². The summed E-state index contributed by atoms with van der Waals surface area (Å²) in [4.78, 5) is 14.6. The molecule has 1 N–H and O–H groups in total. The first kappa shape index (κ1) is 20.6. The quantitative estimate of drug-likeness (QED) is 0.644. The molecule has 26 heavy (non-hydrogen) atoms. The second kappa shape index (κ2) is 9.29. The molecule has 1 aromatic rings. The third-order valence-corrected chi connectivity index (χ3v) is 6.13. The van der Waals surface area contributed by atoms with E-state index in [1.165, 1.54) is 51.2 Å². The molecule has 0 aromatic heterocycles. The molecule has 146 valence electrons. The van der Waals surface area contributed by atoms with Crippen molar-refractivity contribution < 1.29 is 17.6 Å². The molecule has 0 radical (unpaired) electrons. The van der Waals surface area contributed by atoms with Crippen LogP contribution in [0.2, 0.25) is 0 Å². The minimum Gasteiger partial charge on any atom is -0.354 e. The molecule has 0 spiro atoms. The summed E-state index contributed by atoms with van der Waals surface area (Å²) in [7, 11) is -1.09. The molecule has 0 saturated carbocycles. The highest BCUT2D eigenvalue weighted by molar-refractivity contribution is 7.90. The Balaban J connectivity index is 1.94. The third kappa shape index (κ3) is 5.65. The van der Waals surface area contributed by atoms with Crippen LogP contribution in [0.4, 0.5) is 10.1 Å². The van der Waals surface area contributed by atoms with Crippen molar-refractivity contribution in [3.05, 3.63) is 30.1 Å². The number of carbonyl (C=O) groups is 1. The van der Waals surface area contributed by atoms with Crippen molar-refractivity contribution in [2.75, 3.05) is 51.1 Å². The molecule has 0 aliphatic carbocycles. The van der Waals surface area contributed by atoms with Crippen LogP contribution in [-0.4, -0.2) is 70.3 Å². The number of carbonyl (C=O) groups excluding carboxylic acids is 1. The predicted octanol–water partition coefficient (Wildman–Crippen LogP) is 1.04. The van der Waals surface area contributed by atoms with E-state index in [1.807, 2.05) is 0 Å². The number of amides is 1. The number of nitrogens with one attached hydrogen (secondary N) is 1. The molecule has 1 aliphatic rings. The monoisotopic (exact) mass is 386 g/mol. The van der Waals surface area contributed by atoms with Crippen LogP contribution in [-0.2, 0) is 15.0 Å². The number of nitrogens with zero attached hydrogens (tertiary/aromatic N) is 3. The van der Waals surface area contributed by atoms with Crippen LogP contribution < -0.4 is 9.62 Å². The van der Waals surface area contributed by atoms with Gasteiger partial charge in [0.2, 0.25) is 5.91 Å². The molecular formula is C17H27FN4O3S. The van der Waals surface area contributed by atoms with E-state index < -0.39 is 16.0 Å². The number of hydrogen-bond acceptors (Lipinski definition) is 4. The van der Waals surface area contributed by atoms with Crippen LogP contribution in [0.5, 0.6) is 0 Å². The minimum atomic E-state index is -3.87. The van der Waals surface area contributed by atoms with Crippen LogP contribution in [0.15, 0.2) is 24.3 Å². The van der Waals surface area contributed by atoms with Crippen molar-refractivity contribution >= 4 is 21.8 Å². The SMILES string of the molecule is CN(C)S(=O)(=O)N(CC(=O)NCCCN1CCCC1)c1ccc(F)cc1. The Morgan fingerprint density at radius 1 is 1.19 bits per heavy atom. The van der Waals surface area contributed by atoms with E-state index in [4.69, 9.17) is 0 Å². The molecule has 2 rings (SSSR count). The Labute approximate surface area is 154 Å². The van der Waals surface area contributed by atoms with Gasteiger partial charge in [0.05, 0.1) is 5.69 Å². The van der Waals surface area contributed by atoms with Crippen molar-refractivity contribution in [1.82, 2.24) is 14.5 Å². The van der Waals surface area contributed by atoms with E-state index in [0.717, 1.165) is 34.7 Å². The fourth-order valence-corrected chi connectivity index (χ4v) is 3.90. The van der Waals surface area contributed by atoms with Gasteiger partial charge in [-0.1, -0.05) is 0 Å². The zero-order valence-corrected chi connectivity index (χ0v) is 16.1. The van der Waals surface area contributed by atoms with Gasteiger partial charge in [-0.25, -0.2) is 8.70 Å². The molecule has 9 heteroatoms. The van der Waals surface area contributed by atoms with Gasteiger partial charge >= 0.3 is 10.2 Å². The van der Waals surface area contributed by atoms with E-state index in [2.05, 4.69) is 10.2 Å². The summed E-state index contributed by atoms with van der Waals surface area (Å²) in [6.07, 6.45) is 3.27. The average molecular weight is 386 g/mol. The van der Waals surface area contributed by atoms with Gasteiger partial charge in [-0.3, -0.25) is 4.79 Å². The molecule has 1 fully saturated rings. The molecule has 7 nitrogen and oxygen atoms in total. The highest BCUT2D eigenvalue weighted by Crippen LogP contribution is 2.19. The Morgan fingerprint density at radius 2 is 1.81 bits per heavy atom. The van der Waals surface area contributed by atoms with Gasteiger partial charge in [-0.15, -0.1) is 0 Å². The largest absolute Gasteiger partial charge is 0.354 e. The van der Waals surface area contributed by atoms with Gasteiger partial charge in [0, 0.05) is 20.6 Å². The first-order valence-electron chi connectivity index (χ1n) is 8.75. The summed E-state index contributed by atoms with van der Waals surface area (Å²) in [5.41, 5.74) is 0.243. The average Bonchev–Trinajstić information content (AvgIpc) is 3.11. The van der Waals surface area contributed by atoms with Crippen LogP contribution in [0.25, 0.3) is 0 Å². The number of likely N-dealkylation sites (tertiary alicyclic amines) is 1. The van der Waals surface area contributed by atoms with E-state index in [0.29, 0.717) is 6.54 Å². The van der Waals surface area contributed by atoms with E-state index in [1.54, 1.807) is 0 Å². The summed E-state index contributed by atoms with van der Waals surface area (Å²) < 4.78 is 40.2. The smallest absolute Gasteiger partial charge is 0.304 e. The van der Waals surface area contributed by atoms with E-state index >= 15 is 0 Å². The Bertz CT molecular complexity index is 688. The Kier molecular flexibility index (Phi) is 7.36. The first-order chi connectivity index (χ1) is 12.3. The second-order valence-corrected chi connectivity index (χ2v) is 8.59. The fraction of sp³-hybridized carbons (Fsp3) is 0.588. The van der Waals surface area contributed by atoms with E-state index in [-0.39, 0.29) is 18.1 Å². The van der Waals surface area contributed by atoms with Gasteiger partial charge in [-0.2, -0.15) is 12.7 Å². The van der Waals surface area contributed by atoms with Crippen LogP contribution in [0, 0.1) is 5.82 Å². The second-order valence-electron chi connectivity index (χ2n) is 6.53. The van der Waals surface area contributed by atoms with Crippen LogP contribution >= 0.6 is 0 Å². The Morgan fingerprint density at radius 3 is 2.38 bits per heavy atom. The molecule has 1 amide bonds. The maximum atomic E-state index is 13.1.